The summed E-state index contributed by atoms with van der Waals surface area (Å²) in [7, 11) is 4.43. The zero-order valence-corrected chi connectivity index (χ0v) is 13.4. The summed E-state index contributed by atoms with van der Waals surface area (Å²) < 4.78 is 0.915. The fraction of sp³-hybridized carbons (Fsp3) is 0.438. The number of benzene rings is 1. The van der Waals surface area contributed by atoms with Crippen LogP contribution in [0.1, 0.15) is 18.9 Å². The highest BCUT2D eigenvalue weighted by atomic mass is 35.5. The smallest absolute Gasteiger partial charge is 0.243 e. The zero-order valence-electron chi connectivity index (χ0n) is 12.6. The molecule has 0 fully saturated rings. The molecule has 1 rings (SSSR count). The topological polar surface area (TPSA) is 29.1 Å². The fourth-order valence-electron chi connectivity index (χ4n) is 2.07. The third-order valence-electron chi connectivity index (χ3n) is 3.19. The van der Waals surface area contributed by atoms with Gasteiger partial charge in [0.2, 0.25) is 5.91 Å². The predicted molar refractivity (Wildman–Crippen MR) is 79.5 cm³/mol. The van der Waals surface area contributed by atoms with Gasteiger partial charge in [-0.2, -0.15) is 0 Å². The molecule has 0 aromatic heterocycles. The first kappa shape index (κ1) is 18.7. The molecule has 0 saturated heterocycles. The number of carbonyl (C=O) groups is 1. The lowest BCUT2D eigenvalue weighted by Crippen LogP contribution is -3.00. The van der Waals surface area contributed by atoms with Crippen LogP contribution in [0.2, 0.25) is 0 Å². The van der Waals surface area contributed by atoms with Crippen LogP contribution in [0.3, 0.4) is 0 Å². The van der Waals surface area contributed by atoms with Gasteiger partial charge in [0.1, 0.15) is 6.54 Å². The molecule has 0 bridgehead atoms. The van der Waals surface area contributed by atoms with Crippen molar-refractivity contribution in [1.82, 2.24) is 5.32 Å². The van der Waals surface area contributed by atoms with E-state index in [1.165, 1.54) is 11.6 Å². The van der Waals surface area contributed by atoms with Crippen molar-refractivity contribution in [2.75, 3.05) is 20.6 Å². The molecule has 0 radical (unpaired) electrons. The van der Waals surface area contributed by atoms with Crippen LogP contribution in [-0.4, -0.2) is 37.1 Å². The first-order chi connectivity index (χ1) is 8.93. The molecule has 4 heteroatoms. The zero-order chi connectivity index (χ0) is 14.3. The largest absolute Gasteiger partial charge is 1.00 e. The Morgan fingerprint density at radius 1 is 1.35 bits per heavy atom. The SMILES string of the molecule is C=CC(=O)NC(C)CC[N+](C)(C)Cc1ccccc1.[Cl-]. The lowest BCUT2D eigenvalue weighted by molar-refractivity contribution is -0.903. The van der Waals surface area contributed by atoms with E-state index < -0.39 is 0 Å². The van der Waals surface area contributed by atoms with Gasteiger partial charge in [-0.05, 0) is 13.0 Å². The highest BCUT2D eigenvalue weighted by molar-refractivity contribution is 5.87. The average molecular weight is 297 g/mol. The molecule has 1 atom stereocenters. The lowest BCUT2D eigenvalue weighted by Gasteiger charge is -2.31. The highest BCUT2D eigenvalue weighted by Crippen LogP contribution is 2.10. The molecule has 3 nitrogen and oxygen atoms in total. The molecule has 0 heterocycles. The molecule has 0 saturated carbocycles. The minimum atomic E-state index is -0.0964. The van der Waals surface area contributed by atoms with Gasteiger partial charge in [-0.1, -0.05) is 36.9 Å². The Morgan fingerprint density at radius 3 is 2.50 bits per heavy atom. The molecule has 20 heavy (non-hydrogen) atoms. The van der Waals surface area contributed by atoms with Crippen molar-refractivity contribution < 1.29 is 21.7 Å². The summed E-state index contributed by atoms with van der Waals surface area (Å²) in [6, 6.07) is 10.7. The van der Waals surface area contributed by atoms with E-state index in [-0.39, 0.29) is 24.4 Å². The number of quaternary nitrogens is 1. The maximum absolute atomic E-state index is 11.2. The Kier molecular flexibility index (Phi) is 8.19. The second-order valence-corrected chi connectivity index (χ2v) is 5.71. The van der Waals surface area contributed by atoms with Gasteiger partial charge in [0.25, 0.3) is 0 Å². The first-order valence-corrected chi connectivity index (χ1v) is 6.72. The summed E-state index contributed by atoms with van der Waals surface area (Å²) in [5.41, 5.74) is 1.34. The number of nitrogens with one attached hydrogen (secondary N) is 1. The van der Waals surface area contributed by atoms with Gasteiger partial charge in [-0.15, -0.1) is 0 Å². The van der Waals surface area contributed by atoms with Crippen LogP contribution in [0.15, 0.2) is 43.0 Å². The van der Waals surface area contributed by atoms with Gasteiger partial charge in [0, 0.05) is 18.0 Å². The minimum absolute atomic E-state index is 0. The van der Waals surface area contributed by atoms with Gasteiger partial charge >= 0.3 is 0 Å². The van der Waals surface area contributed by atoms with E-state index in [0.717, 1.165) is 24.0 Å². The van der Waals surface area contributed by atoms with Crippen molar-refractivity contribution in [3.05, 3.63) is 48.6 Å². The fourth-order valence-corrected chi connectivity index (χ4v) is 2.07. The van der Waals surface area contributed by atoms with Gasteiger partial charge in [-0.25, -0.2) is 0 Å². The number of carbonyl (C=O) groups excluding carboxylic acids is 1. The Balaban J connectivity index is 0.00000361. The maximum Gasteiger partial charge on any atom is 0.243 e. The first-order valence-electron chi connectivity index (χ1n) is 6.72. The maximum atomic E-state index is 11.2. The van der Waals surface area contributed by atoms with E-state index in [9.17, 15) is 4.79 Å². The van der Waals surface area contributed by atoms with Crippen molar-refractivity contribution in [1.29, 1.82) is 0 Å². The molecule has 1 aromatic carbocycles. The Hall–Kier alpha value is -1.32. The highest BCUT2D eigenvalue weighted by Gasteiger charge is 2.17. The number of nitrogens with zero attached hydrogens (tertiary/aromatic N) is 1. The standard InChI is InChI=1S/C16H24N2O.ClH/c1-5-16(19)17-14(2)11-12-18(3,4)13-15-9-7-6-8-10-15;/h5-10,14H,1,11-13H2,2-4H3;1H. The number of rotatable bonds is 7. The lowest BCUT2D eigenvalue weighted by atomic mass is 10.1. The van der Waals surface area contributed by atoms with E-state index >= 15 is 0 Å². The third kappa shape index (κ3) is 7.31. The summed E-state index contributed by atoms with van der Waals surface area (Å²) in [4.78, 5) is 11.2. The van der Waals surface area contributed by atoms with Crippen LogP contribution in [0.25, 0.3) is 0 Å². The van der Waals surface area contributed by atoms with Crippen LogP contribution in [0, 0.1) is 0 Å². The molecule has 1 aromatic rings. The molecule has 112 valence electrons. The van der Waals surface area contributed by atoms with Gasteiger partial charge < -0.3 is 22.2 Å². The van der Waals surface area contributed by atoms with E-state index in [2.05, 4.69) is 50.3 Å². The normalized spacial score (nSPS) is 12.2. The number of hydrogen-bond acceptors (Lipinski definition) is 1. The Morgan fingerprint density at radius 2 is 1.95 bits per heavy atom. The van der Waals surface area contributed by atoms with Crippen LogP contribution in [0.4, 0.5) is 0 Å². The van der Waals surface area contributed by atoms with Crippen molar-refractivity contribution in [3.63, 3.8) is 0 Å². The molecule has 0 spiro atoms. The summed E-state index contributed by atoms with van der Waals surface area (Å²) in [5.74, 6) is -0.0964. The predicted octanol–water partition coefficient (Wildman–Crippen LogP) is -0.652. The van der Waals surface area contributed by atoms with Crippen molar-refractivity contribution in [2.24, 2.45) is 0 Å². The van der Waals surface area contributed by atoms with E-state index in [4.69, 9.17) is 0 Å². The summed E-state index contributed by atoms with van der Waals surface area (Å²) in [5, 5.41) is 2.90. The second kappa shape index (κ2) is 8.77. The van der Waals surface area contributed by atoms with E-state index in [0.29, 0.717) is 0 Å². The van der Waals surface area contributed by atoms with Gasteiger partial charge in [0.05, 0.1) is 20.6 Å². The molecule has 0 aliphatic carbocycles. The second-order valence-electron chi connectivity index (χ2n) is 5.71. The minimum Gasteiger partial charge on any atom is -1.00 e. The summed E-state index contributed by atoms with van der Waals surface area (Å²) in [6.07, 6.45) is 2.28. The number of halogens is 1. The Bertz CT molecular complexity index is 418. The van der Waals surface area contributed by atoms with Crippen molar-refractivity contribution in [2.45, 2.75) is 25.9 Å². The molecule has 1 unspecified atom stereocenters. The molecule has 0 aliphatic rings. The van der Waals surface area contributed by atoms with Crippen LogP contribution >= 0.6 is 0 Å². The van der Waals surface area contributed by atoms with Gasteiger partial charge in [0.15, 0.2) is 0 Å². The van der Waals surface area contributed by atoms with E-state index in [1.807, 2.05) is 13.0 Å². The quantitative estimate of drug-likeness (QED) is 0.526. The summed E-state index contributed by atoms with van der Waals surface area (Å²) >= 11 is 0. The third-order valence-corrected chi connectivity index (χ3v) is 3.19. The molecule has 0 aliphatic heterocycles. The average Bonchev–Trinajstić information content (AvgIpc) is 2.37. The Labute approximate surface area is 128 Å². The molecule has 1 N–H and O–H groups in total. The summed E-state index contributed by atoms with van der Waals surface area (Å²) in [6.45, 7) is 7.52. The van der Waals surface area contributed by atoms with Crippen LogP contribution < -0.4 is 17.7 Å². The molecule has 1 amide bonds. The molecular weight excluding hydrogens is 272 g/mol. The van der Waals surface area contributed by atoms with Gasteiger partial charge in [-0.3, -0.25) is 4.79 Å². The van der Waals surface area contributed by atoms with Crippen LogP contribution in [-0.2, 0) is 11.3 Å². The molecular formula is C16H25ClN2O. The van der Waals surface area contributed by atoms with Crippen molar-refractivity contribution >= 4 is 5.91 Å². The van der Waals surface area contributed by atoms with E-state index in [1.54, 1.807) is 0 Å². The van der Waals surface area contributed by atoms with Crippen LogP contribution in [0.5, 0.6) is 0 Å². The van der Waals surface area contributed by atoms with Crippen molar-refractivity contribution in [3.8, 4) is 0 Å². The number of hydrogen-bond donors (Lipinski definition) is 1. The monoisotopic (exact) mass is 296 g/mol. The number of amides is 1.